The van der Waals surface area contributed by atoms with Gasteiger partial charge < -0.3 is 10.6 Å². The maximum Gasteiger partial charge on any atom is 0.224 e. The summed E-state index contributed by atoms with van der Waals surface area (Å²) in [6.07, 6.45) is 2.93. The number of carbonyl (C=O) groups excluding carboxylic acids is 1. The van der Waals surface area contributed by atoms with E-state index in [4.69, 9.17) is 0 Å². The van der Waals surface area contributed by atoms with Crippen LogP contribution in [0.25, 0.3) is 0 Å². The molecule has 100 valence electrons. The second kappa shape index (κ2) is 7.75. The standard InChI is InChI=1S/C15H24N2O/c1-4-5-10-16-13-6-8-14(9-7-13)17-15(18)11-12(2)3/h6-9,12,16H,4-5,10-11H2,1-3H3,(H,17,18). The van der Waals surface area contributed by atoms with E-state index >= 15 is 0 Å². The quantitative estimate of drug-likeness (QED) is 0.719. The molecule has 0 saturated carbocycles. The molecule has 0 aliphatic rings. The number of hydrogen-bond acceptors (Lipinski definition) is 2. The molecule has 0 aromatic heterocycles. The van der Waals surface area contributed by atoms with Crippen molar-refractivity contribution in [3.8, 4) is 0 Å². The van der Waals surface area contributed by atoms with Gasteiger partial charge in [0.05, 0.1) is 0 Å². The molecule has 18 heavy (non-hydrogen) atoms. The molecule has 0 spiro atoms. The van der Waals surface area contributed by atoms with Crippen molar-refractivity contribution < 1.29 is 4.79 Å². The van der Waals surface area contributed by atoms with Crippen LogP contribution in [0.3, 0.4) is 0 Å². The Kier molecular flexibility index (Phi) is 6.26. The van der Waals surface area contributed by atoms with E-state index in [-0.39, 0.29) is 5.91 Å². The third-order valence-electron chi connectivity index (χ3n) is 2.62. The third kappa shape index (κ3) is 5.71. The highest BCUT2D eigenvalue weighted by Crippen LogP contribution is 2.14. The number of anilines is 2. The van der Waals surface area contributed by atoms with Gasteiger partial charge >= 0.3 is 0 Å². The second-order valence-corrected chi connectivity index (χ2v) is 5.00. The first-order valence-corrected chi connectivity index (χ1v) is 6.75. The van der Waals surface area contributed by atoms with E-state index in [0.717, 1.165) is 17.9 Å². The van der Waals surface area contributed by atoms with Gasteiger partial charge in [0.2, 0.25) is 5.91 Å². The van der Waals surface area contributed by atoms with Crippen molar-refractivity contribution in [1.29, 1.82) is 0 Å². The molecule has 1 amide bonds. The van der Waals surface area contributed by atoms with Crippen molar-refractivity contribution in [1.82, 2.24) is 0 Å². The first kappa shape index (κ1) is 14.6. The Bertz CT molecular complexity index is 357. The van der Waals surface area contributed by atoms with Gasteiger partial charge in [0.1, 0.15) is 0 Å². The lowest BCUT2D eigenvalue weighted by Gasteiger charge is -2.09. The lowest BCUT2D eigenvalue weighted by Crippen LogP contribution is -2.13. The number of unbranched alkanes of at least 4 members (excludes halogenated alkanes) is 1. The molecule has 2 N–H and O–H groups in total. The van der Waals surface area contributed by atoms with Crippen molar-refractivity contribution in [2.75, 3.05) is 17.2 Å². The van der Waals surface area contributed by atoms with Crippen LogP contribution < -0.4 is 10.6 Å². The molecule has 0 unspecified atom stereocenters. The molecule has 0 bridgehead atoms. The summed E-state index contributed by atoms with van der Waals surface area (Å²) < 4.78 is 0. The average Bonchev–Trinajstić information content (AvgIpc) is 2.30. The zero-order chi connectivity index (χ0) is 13.4. The van der Waals surface area contributed by atoms with Crippen molar-refractivity contribution in [2.24, 2.45) is 5.92 Å². The van der Waals surface area contributed by atoms with Crippen LogP contribution in [-0.2, 0) is 4.79 Å². The smallest absolute Gasteiger partial charge is 0.224 e. The largest absolute Gasteiger partial charge is 0.385 e. The zero-order valence-corrected chi connectivity index (χ0v) is 11.6. The van der Waals surface area contributed by atoms with E-state index in [1.807, 2.05) is 38.1 Å². The molecule has 1 aromatic rings. The van der Waals surface area contributed by atoms with Crippen LogP contribution in [0.5, 0.6) is 0 Å². The molecule has 1 rings (SSSR count). The number of hydrogen-bond donors (Lipinski definition) is 2. The zero-order valence-electron chi connectivity index (χ0n) is 11.6. The van der Waals surface area contributed by atoms with E-state index in [9.17, 15) is 4.79 Å². The minimum absolute atomic E-state index is 0.0803. The SMILES string of the molecule is CCCCNc1ccc(NC(=O)CC(C)C)cc1. The fourth-order valence-corrected chi connectivity index (χ4v) is 1.66. The van der Waals surface area contributed by atoms with Gasteiger partial charge in [0.15, 0.2) is 0 Å². The minimum atomic E-state index is 0.0803. The molecule has 0 radical (unpaired) electrons. The van der Waals surface area contributed by atoms with Crippen LogP contribution in [0, 0.1) is 5.92 Å². The number of rotatable bonds is 7. The Balaban J connectivity index is 2.42. The van der Waals surface area contributed by atoms with E-state index < -0.39 is 0 Å². The third-order valence-corrected chi connectivity index (χ3v) is 2.62. The van der Waals surface area contributed by atoms with Gasteiger partial charge in [-0.1, -0.05) is 27.2 Å². The molecule has 0 saturated heterocycles. The molecule has 1 aromatic carbocycles. The molecule has 3 nitrogen and oxygen atoms in total. The fourth-order valence-electron chi connectivity index (χ4n) is 1.66. The molecular formula is C15H24N2O. The molecule has 0 atom stereocenters. The van der Waals surface area contributed by atoms with Gasteiger partial charge in [-0.2, -0.15) is 0 Å². The molecule has 0 heterocycles. The van der Waals surface area contributed by atoms with E-state index in [1.54, 1.807) is 0 Å². The summed E-state index contributed by atoms with van der Waals surface area (Å²) in [5, 5.41) is 6.25. The topological polar surface area (TPSA) is 41.1 Å². The van der Waals surface area contributed by atoms with Crippen LogP contribution in [0.2, 0.25) is 0 Å². The minimum Gasteiger partial charge on any atom is -0.385 e. The van der Waals surface area contributed by atoms with Crippen LogP contribution in [-0.4, -0.2) is 12.5 Å². The van der Waals surface area contributed by atoms with E-state index in [0.29, 0.717) is 12.3 Å². The summed E-state index contributed by atoms with van der Waals surface area (Å²) in [4.78, 5) is 11.6. The van der Waals surface area contributed by atoms with Crippen molar-refractivity contribution >= 4 is 17.3 Å². The Morgan fingerprint density at radius 2 is 1.78 bits per heavy atom. The number of amides is 1. The first-order chi connectivity index (χ1) is 8.61. The van der Waals surface area contributed by atoms with Crippen LogP contribution >= 0.6 is 0 Å². The lowest BCUT2D eigenvalue weighted by atomic mass is 10.1. The monoisotopic (exact) mass is 248 g/mol. The van der Waals surface area contributed by atoms with Crippen LogP contribution in [0.15, 0.2) is 24.3 Å². The summed E-state index contributed by atoms with van der Waals surface area (Å²) in [6, 6.07) is 7.88. The average molecular weight is 248 g/mol. The summed E-state index contributed by atoms with van der Waals surface area (Å²) in [7, 11) is 0. The second-order valence-electron chi connectivity index (χ2n) is 5.00. The number of benzene rings is 1. The lowest BCUT2D eigenvalue weighted by molar-refractivity contribution is -0.116. The van der Waals surface area contributed by atoms with Crippen LogP contribution in [0.4, 0.5) is 11.4 Å². The van der Waals surface area contributed by atoms with Gasteiger partial charge in [-0.3, -0.25) is 4.79 Å². The molecule has 0 fully saturated rings. The van der Waals surface area contributed by atoms with Crippen molar-refractivity contribution in [3.63, 3.8) is 0 Å². The summed E-state index contributed by atoms with van der Waals surface area (Å²) in [6.45, 7) is 7.26. The molecule has 3 heteroatoms. The molecule has 0 aliphatic carbocycles. The maximum absolute atomic E-state index is 11.6. The van der Waals surface area contributed by atoms with Gasteiger partial charge in [-0.15, -0.1) is 0 Å². The maximum atomic E-state index is 11.6. The highest BCUT2D eigenvalue weighted by molar-refractivity contribution is 5.90. The van der Waals surface area contributed by atoms with E-state index in [2.05, 4.69) is 17.6 Å². The Labute approximate surface area is 110 Å². The summed E-state index contributed by atoms with van der Waals surface area (Å²) >= 11 is 0. The molecular weight excluding hydrogens is 224 g/mol. The number of nitrogens with one attached hydrogen (secondary N) is 2. The normalized spacial score (nSPS) is 10.4. The Morgan fingerprint density at radius 1 is 1.17 bits per heavy atom. The predicted octanol–water partition coefficient (Wildman–Crippen LogP) is 3.88. The fraction of sp³-hybridized carbons (Fsp3) is 0.533. The number of carbonyl (C=O) groups is 1. The molecule has 0 aliphatic heterocycles. The first-order valence-electron chi connectivity index (χ1n) is 6.75. The van der Waals surface area contributed by atoms with Crippen molar-refractivity contribution in [2.45, 2.75) is 40.0 Å². The van der Waals surface area contributed by atoms with E-state index in [1.165, 1.54) is 12.8 Å². The van der Waals surface area contributed by atoms with Gasteiger partial charge in [0, 0.05) is 24.3 Å². The van der Waals surface area contributed by atoms with Gasteiger partial charge in [0.25, 0.3) is 0 Å². The van der Waals surface area contributed by atoms with Gasteiger partial charge in [-0.25, -0.2) is 0 Å². The predicted molar refractivity (Wildman–Crippen MR) is 77.9 cm³/mol. The Morgan fingerprint density at radius 3 is 2.33 bits per heavy atom. The van der Waals surface area contributed by atoms with Gasteiger partial charge in [-0.05, 0) is 36.6 Å². The summed E-state index contributed by atoms with van der Waals surface area (Å²) in [5.74, 6) is 0.469. The highest BCUT2D eigenvalue weighted by atomic mass is 16.1. The Hall–Kier alpha value is -1.51. The highest BCUT2D eigenvalue weighted by Gasteiger charge is 2.04. The summed E-state index contributed by atoms with van der Waals surface area (Å²) in [5.41, 5.74) is 1.96. The van der Waals surface area contributed by atoms with Crippen molar-refractivity contribution in [3.05, 3.63) is 24.3 Å². The van der Waals surface area contributed by atoms with Crippen LogP contribution in [0.1, 0.15) is 40.0 Å².